The quantitative estimate of drug-likeness (QED) is 0.532. The van der Waals surface area contributed by atoms with E-state index in [1.165, 1.54) is 23.8 Å². The molecule has 1 atom stereocenters. The van der Waals surface area contributed by atoms with Gasteiger partial charge >= 0.3 is 0 Å². The van der Waals surface area contributed by atoms with Gasteiger partial charge in [0, 0.05) is 37.4 Å². The number of amides is 1. The van der Waals surface area contributed by atoms with Gasteiger partial charge in [-0.05, 0) is 42.9 Å². The zero-order chi connectivity index (χ0) is 23.9. The van der Waals surface area contributed by atoms with Crippen molar-refractivity contribution in [2.45, 2.75) is 51.9 Å². The van der Waals surface area contributed by atoms with Crippen molar-refractivity contribution in [3.05, 3.63) is 99.5 Å². The van der Waals surface area contributed by atoms with Gasteiger partial charge in [0.25, 0.3) is 0 Å². The number of aryl methyl sites for hydroxylation is 1. The normalized spacial score (nSPS) is 14.3. The van der Waals surface area contributed by atoms with E-state index in [2.05, 4.69) is 46.6 Å². The standard InChI is InChI=1S/C28H33N3O3/c1-21(12-13-22-8-4-3-5-9-22)29-28(33)20-31-19-27(34-2)26(32)16-25(31)18-30-15-14-23-10-6-7-11-24(23)17-30/h3-11,16,19,21H,12-15,17-18,20H2,1-2H3,(H,29,33)/t21-/m0/s1. The van der Waals surface area contributed by atoms with Gasteiger partial charge in [-0.2, -0.15) is 0 Å². The number of hydrogen-bond acceptors (Lipinski definition) is 4. The summed E-state index contributed by atoms with van der Waals surface area (Å²) in [5, 5.41) is 3.10. The van der Waals surface area contributed by atoms with E-state index in [0.29, 0.717) is 6.54 Å². The van der Waals surface area contributed by atoms with Crippen molar-refractivity contribution in [2.24, 2.45) is 0 Å². The van der Waals surface area contributed by atoms with Crippen molar-refractivity contribution >= 4 is 5.91 Å². The summed E-state index contributed by atoms with van der Waals surface area (Å²) in [6.07, 6.45) is 4.42. The van der Waals surface area contributed by atoms with Gasteiger partial charge in [0.1, 0.15) is 6.54 Å². The maximum absolute atomic E-state index is 12.9. The number of hydrogen-bond donors (Lipinski definition) is 1. The van der Waals surface area contributed by atoms with Gasteiger partial charge in [-0.1, -0.05) is 54.6 Å². The minimum Gasteiger partial charge on any atom is -0.491 e. The van der Waals surface area contributed by atoms with Crippen LogP contribution in [0, 0.1) is 0 Å². The molecule has 1 aliphatic rings. The number of ether oxygens (including phenoxy) is 1. The SMILES string of the molecule is COc1cn(CC(=O)N[C@@H](C)CCc2ccccc2)c(CN2CCc3ccccc3C2)cc1=O. The van der Waals surface area contributed by atoms with Gasteiger partial charge in [-0.3, -0.25) is 14.5 Å². The molecular formula is C28H33N3O3. The van der Waals surface area contributed by atoms with Crippen molar-refractivity contribution in [2.75, 3.05) is 13.7 Å². The molecule has 34 heavy (non-hydrogen) atoms. The molecule has 1 N–H and O–H groups in total. The fourth-order valence-electron chi connectivity index (χ4n) is 4.52. The van der Waals surface area contributed by atoms with Crippen LogP contribution in [0.15, 0.2) is 71.7 Å². The Balaban J connectivity index is 1.42. The molecule has 178 valence electrons. The Kier molecular flexibility index (Phi) is 7.80. The van der Waals surface area contributed by atoms with Gasteiger partial charge < -0.3 is 14.6 Å². The van der Waals surface area contributed by atoms with Crippen molar-refractivity contribution in [1.82, 2.24) is 14.8 Å². The molecule has 0 saturated carbocycles. The van der Waals surface area contributed by atoms with Crippen molar-refractivity contribution in [3.8, 4) is 5.75 Å². The fraction of sp³-hybridized carbons (Fsp3) is 0.357. The molecule has 0 aliphatic carbocycles. The molecule has 0 bridgehead atoms. The Labute approximate surface area is 201 Å². The number of rotatable bonds is 9. The zero-order valence-electron chi connectivity index (χ0n) is 20.0. The zero-order valence-corrected chi connectivity index (χ0v) is 20.0. The van der Waals surface area contributed by atoms with Crippen LogP contribution in [-0.4, -0.2) is 35.1 Å². The monoisotopic (exact) mass is 459 g/mol. The van der Waals surface area contributed by atoms with Gasteiger partial charge in [-0.15, -0.1) is 0 Å². The molecule has 0 unspecified atom stereocenters. The highest BCUT2D eigenvalue weighted by Crippen LogP contribution is 2.20. The third-order valence-corrected chi connectivity index (χ3v) is 6.43. The van der Waals surface area contributed by atoms with Crippen LogP contribution < -0.4 is 15.5 Å². The Morgan fingerprint density at radius 2 is 1.82 bits per heavy atom. The Hall–Kier alpha value is -3.38. The van der Waals surface area contributed by atoms with Crippen molar-refractivity contribution in [3.63, 3.8) is 0 Å². The smallest absolute Gasteiger partial charge is 0.240 e. The first kappa shape index (κ1) is 23.8. The van der Waals surface area contributed by atoms with Gasteiger partial charge in [-0.25, -0.2) is 0 Å². The average molecular weight is 460 g/mol. The second-order valence-electron chi connectivity index (χ2n) is 9.05. The summed E-state index contributed by atoms with van der Waals surface area (Å²) < 4.78 is 7.10. The number of nitrogens with zero attached hydrogens (tertiary/aromatic N) is 2. The van der Waals surface area contributed by atoms with E-state index >= 15 is 0 Å². The second-order valence-corrected chi connectivity index (χ2v) is 9.05. The molecule has 3 aromatic rings. The lowest BCUT2D eigenvalue weighted by Crippen LogP contribution is -2.37. The minimum atomic E-state index is -0.164. The molecule has 4 rings (SSSR count). The van der Waals surface area contributed by atoms with E-state index in [1.54, 1.807) is 12.3 Å². The summed E-state index contributed by atoms with van der Waals surface area (Å²) in [5.74, 6) is 0.175. The highest BCUT2D eigenvalue weighted by molar-refractivity contribution is 5.76. The number of benzene rings is 2. The number of carbonyl (C=O) groups excluding carboxylic acids is 1. The van der Waals surface area contributed by atoms with Gasteiger partial charge in [0.05, 0.1) is 13.3 Å². The molecule has 6 nitrogen and oxygen atoms in total. The van der Waals surface area contributed by atoms with Crippen LogP contribution in [0.2, 0.25) is 0 Å². The van der Waals surface area contributed by atoms with E-state index in [0.717, 1.165) is 38.0 Å². The molecule has 2 aromatic carbocycles. The molecule has 1 aliphatic heterocycles. The summed E-state index contributed by atoms with van der Waals surface area (Å²) in [5.41, 5.74) is 4.62. The average Bonchev–Trinajstić information content (AvgIpc) is 2.85. The van der Waals surface area contributed by atoms with Crippen molar-refractivity contribution in [1.29, 1.82) is 0 Å². The number of nitrogens with one attached hydrogen (secondary N) is 1. The van der Waals surface area contributed by atoms with E-state index in [9.17, 15) is 9.59 Å². The molecule has 1 amide bonds. The van der Waals surface area contributed by atoms with E-state index in [-0.39, 0.29) is 29.7 Å². The third kappa shape index (κ3) is 6.14. The molecule has 0 saturated heterocycles. The third-order valence-electron chi connectivity index (χ3n) is 6.43. The number of fused-ring (bicyclic) bond motifs is 1. The number of pyridine rings is 1. The summed E-state index contributed by atoms with van der Waals surface area (Å²) in [6.45, 7) is 4.52. The molecular weight excluding hydrogens is 426 g/mol. The number of methoxy groups -OCH3 is 1. The number of aromatic nitrogens is 1. The van der Waals surface area contributed by atoms with Crippen molar-refractivity contribution < 1.29 is 9.53 Å². The van der Waals surface area contributed by atoms with Gasteiger partial charge in [0.15, 0.2) is 5.75 Å². The molecule has 2 heterocycles. The fourth-order valence-corrected chi connectivity index (χ4v) is 4.52. The lowest BCUT2D eigenvalue weighted by atomic mass is 10.00. The maximum Gasteiger partial charge on any atom is 0.240 e. The highest BCUT2D eigenvalue weighted by Gasteiger charge is 2.19. The molecule has 0 spiro atoms. The maximum atomic E-state index is 12.9. The Bertz CT molecular complexity index is 1170. The molecule has 0 radical (unpaired) electrons. The lowest BCUT2D eigenvalue weighted by Gasteiger charge is -2.29. The summed E-state index contributed by atoms with van der Waals surface area (Å²) in [4.78, 5) is 27.7. The van der Waals surface area contributed by atoms with Gasteiger partial charge in [0.2, 0.25) is 11.3 Å². The van der Waals surface area contributed by atoms with Crippen LogP contribution in [0.1, 0.15) is 35.7 Å². The summed E-state index contributed by atoms with van der Waals surface area (Å²) >= 11 is 0. The lowest BCUT2D eigenvalue weighted by molar-refractivity contribution is -0.122. The van der Waals surface area contributed by atoms with Crippen LogP contribution >= 0.6 is 0 Å². The van der Waals surface area contributed by atoms with E-state index in [4.69, 9.17) is 4.74 Å². The molecule has 0 fully saturated rings. The predicted molar refractivity (Wildman–Crippen MR) is 134 cm³/mol. The first-order chi connectivity index (χ1) is 16.5. The van der Waals surface area contributed by atoms with Crippen LogP contribution in [-0.2, 0) is 37.3 Å². The van der Waals surface area contributed by atoms with Crippen LogP contribution in [0.5, 0.6) is 5.75 Å². The van der Waals surface area contributed by atoms with Crippen LogP contribution in [0.4, 0.5) is 0 Å². The highest BCUT2D eigenvalue weighted by atomic mass is 16.5. The Morgan fingerprint density at radius 3 is 2.59 bits per heavy atom. The molecule has 6 heteroatoms. The van der Waals surface area contributed by atoms with E-state index in [1.807, 2.05) is 29.7 Å². The summed E-state index contributed by atoms with van der Waals surface area (Å²) in [7, 11) is 1.48. The first-order valence-corrected chi connectivity index (χ1v) is 11.9. The first-order valence-electron chi connectivity index (χ1n) is 11.9. The molecule has 1 aromatic heterocycles. The van der Waals surface area contributed by atoms with Crippen LogP contribution in [0.25, 0.3) is 0 Å². The predicted octanol–water partition coefficient (Wildman–Crippen LogP) is 3.55. The largest absolute Gasteiger partial charge is 0.491 e. The summed E-state index contributed by atoms with van der Waals surface area (Å²) in [6, 6.07) is 20.4. The second kappa shape index (κ2) is 11.2. The minimum absolute atomic E-state index is 0.0519. The number of carbonyl (C=O) groups is 1. The Morgan fingerprint density at radius 1 is 1.09 bits per heavy atom. The van der Waals surface area contributed by atoms with Crippen LogP contribution in [0.3, 0.4) is 0 Å². The van der Waals surface area contributed by atoms with E-state index < -0.39 is 0 Å². The topological polar surface area (TPSA) is 63.6 Å².